The Morgan fingerprint density at radius 1 is 1.47 bits per heavy atom. The molecule has 0 radical (unpaired) electrons. The van der Waals surface area contributed by atoms with E-state index in [9.17, 15) is 0 Å². The van der Waals surface area contributed by atoms with Crippen LogP contribution >= 0.6 is 22.9 Å². The van der Waals surface area contributed by atoms with Gasteiger partial charge in [0.1, 0.15) is 0 Å². The summed E-state index contributed by atoms with van der Waals surface area (Å²) < 4.78 is 0. The summed E-state index contributed by atoms with van der Waals surface area (Å²) in [7, 11) is 0. The van der Waals surface area contributed by atoms with Gasteiger partial charge in [-0.05, 0) is 18.1 Å². The van der Waals surface area contributed by atoms with Gasteiger partial charge >= 0.3 is 0 Å². The molecule has 0 aliphatic carbocycles. The highest BCUT2D eigenvalue weighted by atomic mass is 35.5. The largest absolute Gasteiger partial charge is 0.300 e. The molecule has 5 heteroatoms. The van der Waals surface area contributed by atoms with Crippen LogP contribution in [0.15, 0.2) is 23.6 Å². The molecule has 0 atom stereocenters. The van der Waals surface area contributed by atoms with Crippen molar-refractivity contribution in [3.63, 3.8) is 0 Å². The molecule has 3 nitrogen and oxygen atoms in total. The smallest absolute Gasteiger partial charge is 0.197 e. The summed E-state index contributed by atoms with van der Waals surface area (Å²) in [6.45, 7) is 2.15. The standard InChI is InChI=1S/C12H14ClN3S/c1-2-3-8-4-5-9(10(13)6-8)11-7-17-12(15-11)16-14/h4-7H,2-3,14H2,1H3,(H,15,16). The van der Waals surface area contributed by atoms with Gasteiger partial charge in [0.25, 0.3) is 0 Å². The number of rotatable bonds is 4. The molecule has 0 aliphatic heterocycles. The molecule has 0 saturated carbocycles. The number of nitrogens with two attached hydrogens (primary N) is 1. The maximum Gasteiger partial charge on any atom is 0.197 e. The van der Waals surface area contributed by atoms with Crippen molar-refractivity contribution in [1.29, 1.82) is 0 Å². The van der Waals surface area contributed by atoms with Crippen molar-refractivity contribution in [1.82, 2.24) is 4.98 Å². The van der Waals surface area contributed by atoms with Crippen LogP contribution in [0.3, 0.4) is 0 Å². The van der Waals surface area contributed by atoms with Gasteiger partial charge in [-0.3, -0.25) is 5.43 Å². The highest BCUT2D eigenvalue weighted by Crippen LogP contribution is 2.31. The number of hydrogen-bond acceptors (Lipinski definition) is 4. The molecular formula is C12H14ClN3S. The molecule has 17 heavy (non-hydrogen) atoms. The molecular weight excluding hydrogens is 254 g/mol. The number of benzene rings is 1. The third kappa shape index (κ3) is 2.77. The molecule has 1 aromatic carbocycles. The van der Waals surface area contributed by atoms with Crippen molar-refractivity contribution in [3.8, 4) is 11.3 Å². The fourth-order valence-corrected chi connectivity index (χ4v) is 2.60. The van der Waals surface area contributed by atoms with Gasteiger partial charge in [0, 0.05) is 10.9 Å². The quantitative estimate of drug-likeness (QED) is 0.656. The number of thiazole rings is 1. The number of nitrogens with one attached hydrogen (secondary N) is 1. The first-order valence-electron chi connectivity index (χ1n) is 5.45. The van der Waals surface area contributed by atoms with Crippen molar-refractivity contribution in [3.05, 3.63) is 34.2 Å². The molecule has 1 aromatic heterocycles. The lowest BCUT2D eigenvalue weighted by molar-refractivity contribution is 0.922. The predicted molar refractivity (Wildman–Crippen MR) is 74.4 cm³/mol. The number of anilines is 1. The molecule has 90 valence electrons. The minimum absolute atomic E-state index is 0.689. The van der Waals surface area contributed by atoms with Crippen LogP contribution in [0.25, 0.3) is 11.3 Å². The Hall–Kier alpha value is -1.10. The number of aryl methyl sites for hydroxylation is 1. The summed E-state index contributed by atoms with van der Waals surface area (Å²) in [5.74, 6) is 5.31. The summed E-state index contributed by atoms with van der Waals surface area (Å²) >= 11 is 7.73. The highest BCUT2D eigenvalue weighted by molar-refractivity contribution is 7.14. The molecule has 0 saturated heterocycles. The summed E-state index contributed by atoms with van der Waals surface area (Å²) in [5.41, 5.74) is 5.60. The van der Waals surface area contributed by atoms with E-state index in [4.69, 9.17) is 17.4 Å². The second kappa shape index (κ2) is 5.49. The molecule has 0 fully saturated rings. The maximum absolute atomic E-state index is 6.27. The highest BCUT2D eigenvalue weighted by Gasteiger charge is 2.08. The first-order valence-corrected chi connectivity index (χ1v) is 6.71. The van der Waals surface area contributed by atoms with Crippen molar-refractivity contribution in [2.45, 2.75) is 19.8 Å². The Morgan fingerprint density at radius 2 is 2.29 bits per heavy atom. The van der Waals surface area contributed by atoms with Crippen LogP contribution in [-0.2, 0) is 6.42 Å². The monoisotopic (exact) mass is 267 g/mol. The van der Waals surface area contributed by atoms with Crippen LogP contribution in [0, 0.1) is 0 Å². The van der Waals surface area contributed by atoms with E-state index in [0.717, 1.165) is 29.1 Å². The van der Waals surface area contributed by atoms with Gasteiger partial charge in [-0.2, -0.15) is 0 Å². The molecule has 1 heterocycles. The molecule has 0 unspecified atom stereocenters. The van der Waals surface area contributed by atoms with Gasteiger partial charge in [0.15, 0.2) is 5.13 Å². The lowest BCUT2D eigenvalue weighted by Gasteiger charge is -2.04. The van der Waals surface area contributed by atoms with Crippen molar-refractivity contribution in [2.75, 3.05) is 5.43 Å². The van der Waals surface area contributed by atoms with Crippen molar-refractivity contribution < 1.29 is 0 Å². The van der Waals surface area contributed by atoms with Gasteiger partial charge in [0.2, 0.25) is 0 Å². The van der Waals surface area contributed by atoms with E-state index < -0.39 is 0 Å². The van der Waals surface area contributed by atoms with E-state index in [2.05, 4.69) is 23.4 Å². The van der Waals surface area contributed by atoms with Gasteiger partial charge in [0.05, 0.1) is 10.7 Å². The Morgan fingerprint density at radius 3 is 2.88 bits per heavy atom. The molecule has 2 aromatic rings. The van der Waals surface area contributed by atoms with Crippen molar-refractivity contribution >= 4 is 28.1 Å². The second-order valence-electron chi connectivity index (χ2n) is 3.75. The molecule has 0 spiro atoms. The Labute approximate surface area is 110 Å². The fourth-order valence-electron chi connectivity index (χ4n) is 1.67. The van der Waals surface area contributed by atoms with Crippen molar-refractivity contribution in [2.24, 2.45) is 5.84 Å². The number of hydrazine groups is 1. The van der Waals surface area contributed by atoms with E-state index in [1.165, 1.54) is 16.9 Å². The summed E-state index contributed by atoms with van der Waals surface area (Å²) in [4.78, 5) is 4.33. The normalized spacial score (nSPS) is 10.5. The van der Waals surface area contributed by atoms with Gasteiger partial charge < -0.3 is 0 Å². The van der Waals surface area contributed by atoms with Crippen LogP contribution in [0.4, 0.5) is 5.13 Å². The Kier molecular flexibility index (Phi) is 3.99. The molecule has 0 aliphatic rings. The molecule has 0 amide bonds. The predicted octanol–water partition coefficient (Wildman–Crippen LogP) is 3.70. The summed E-state index contributed by atoms with van der Waals surface area (Å²) in [5, 5.41) is 3.37. The van der Waals surface area contributed by atoms with Crippen LogP contribution < -0.4 is 11.3 Å². The molecule has 0 bridgehead atoms. The van der Waals surface area contributed by atoms with Crippen LogP contribution in [0.5, 0.6) is 0 Å². The van der Waals surface area contributed by atoms with E-state index in [1.54, 1.807) is 0 Å². The molecule has 2 rings (SSSR count). The number of aromatic nitrogens is 1. The Balaban J connectivity index is 2.32. The fraction of sp³-hybridized carbons (Fsp3) is 0.250. The zero-order valence-corrected chi connectivity index (χ0v) is 11.1. The SMILES string of the molecule is CCCc1ccc(-c2csc(NN)n2)c(Cl)c1. The van der Waals surface area contributed by atoms with Crippen LogP contribution in [0.1, 0.15) is 18.9 Å². The first-order chi connectivity index (χ1) is 8.24. The topological polar surface area (TPSA) is 50.9 Å². The zero-order valence-electron chi connectivity index (χ0n) is 9.53. The lowest BCUT2D eigenvalue weighted by atomic mass is 10.1. The third-order valence-corrected chi connectivity index (χ3v) is 3.56. The number of halogens is 1. The van der Waals surface area contributed by atoms with E-state index in [-0.39, 0.29) is 0 Å². The first kappa shape index (κ1) is 12.4. The summed E-state index contributed by atoms with van der Waals surface area (Å²) in [6.07, 6.45) is 2.17. The van der Waals surface area contributed by atoms with Crippen LogP contribution in [0.2, 0.25) is 5.02 Å². The number of nitrogens with zero attached hydrogens (tertiary/aromatic N) is 1. The average molecular weight is 268 g/mol. The Bertz CT molecular complexity index is 510. The summed E-state index contributed by atoms with van der Waals surface area (Å²) in [6, 6.07) is 6.12. The van der Waals surface area contributed by atoms with E-state index in [1.807, 2.05) is 17.5 Å². The maximum atomic E-state index is 6.27. The number of nitrogen functional groups attached to an aromatic ring is 1. The van der Waals surface area contributed by atoms with Crippen LogP contribution in [-0.4, -0.2) is 4.98 Å². The van der Waals surface area contributed by atoms with Gasteiger partial charge in [-0.15, -0.1) is 11.3 Å². The minimum atomic E-state index is 0.689. The number of hydrogen-bond donors (Lipinski definition) is 2. The van der Waals surface area contributed by atoms with E-state index >= 15 is 0 Å². The average Bonchev–Trinajstić information content (AvgIpc) is 2.78. The molecule has 3 N–H and O–H groups in total. The minimum Gasteiger partial charge on any atom is -0.300 e. The van der Waals surface area contributed by atoms with Gasteiger partial charge in [-0.25, -0.2) is 10.8 Å². The van der Waals surface area contributed by atoms with E-state index in [0.29, 0.717) is 5.13 Å². The third-order valence-electron chi connectivity index (χ3n) is 2.48. The van der Waals surface area contributed by atoms with Gasteiger partial charge in [-0.1, -0.05) is 37.1 Å². The lowest BCUT2D eigenvalue weighted by Crippen LogP contribution is -2.05. The second-order valence-corrected chi connectivity index (χ2v) is 5.01. The zero-order chi connectivity index (χ0) is 12.3.